The molecular weight excluding hydrogens is 757 g/mol. The predicted octanol–water partition coefficient (Wildman–Crippen LogP) is 14.2. The Morgan fingerprint density at radius 2 is 0.532 bits per heavy atom. The number of nitrogens with zero attached hydrogens (tertiary/aromatic N) is 6. The maximum Gasteiger partial charge on any atom is 0.104 e. The van der Waals surface area contributed by atoms with E-state index in [0.29, 0.717) is 33.9 Å². The summed E-state index contributed by atoms with van der Waals surface area (Å²) in [4.78, 5) is 2.23. The van der Waals surface area contributed by atoms with Gasteiger partial charge in [0.2, 0.25) is 0 Å². The van der Waals surface area contributed by atoms with Crippen LogP contribution < -0.4 is 4.90 Å². The molecule has 0 atom stereocenters. The van der Waals surface area contributed by atoms with E-state index < -0.39 is 0 Å². The first-order chi connectivity index (χ1) is 30.8. The molecule has 0 aliphatic heterocycles. The topological polar surface area (TPSA) is 65.6 Å². The second-order valence-corrected chi connectivity index (χ2v) is 15.5. The van der Waals surface area contributed by atoms with Crippen LogP contribution in [0.4, 0.5) is 17.1 Å². The average molecular weight is 791 g/mol. The van der Waals surface area contributed by atoms with Gasteiger partial charge in [0.05, 0.1) is 55.8 Å². The second kappa shape index (κ2) is 13.9. The third-order valence-corrected chi connectivity index (χ3v) is 12.3. The van der Waals surface area contributed by atoms with E-state index in [4.69, 9.17) is 0 Å². The van der Waals surface area contributed by atoms with Crippen molar-refractivity contribution in [2.24, 2.45) is 0 Å². The first-order valence-electron chi connectivity index (χ1n) is 20.7. The molecule has 9 aromatic carbocycles. The fourth-order valence-electron chi connectivity index (χ4n) is 9.83. The van der Waals surface area contributed by atoms with Crippen molar-refractivity contribution < 1.29 is 0 Å². The summed E-state index contributed by atoms with van der Waals surface area (Å²) in [5.41, 5.74) is 10.6. The molecule has 0 aliphatic rings. The third kappa shape index (κ3) is 4.96. The molecular formula is C56H34N6. The second-order valence-electron chi connectivity index (χ2n) is 15.5. The van der Waals surface area contributed by atoms with Gasteiger partial charge < -0.3 is 18.6 Å². The Labute approximate surface area is 356 Å². The Hall–Kier alpha value is -8.84. The minimum Gasteiger partial charge on any atom is -0.307 e. The summed E-state index contributed by atoms with van der Waals surface area (Å²) in [7, 11) is 0. The van der Waals surface area contributed by atoms with Crippen LogP contribution in [0.25, 0.3) is 82.5 Å². The maximum atomic E-state index is 12.1. The van der Waals surface area contributed by atoms with Crippen LogP contribution in [-0.4, -0.2) is 13.7 Å². The summed E-state index contributed by atoms with van der Waals surface area (Å²) in [5.74, 6) is 0. The van der Waals surface area contributed by atoms with Gasteiger partial charge in [0.25, 0.3) is 0 Å². The van der Waals surface area contributed by atoms with Gasteiger partial charge in [0, 0.05) is 43.7 Å². The van der Waals surface area contributed by atoms with Gasteiger partial charge in [0.1, 0.15) is 23.3 Å². The van der Waals surface area contributed by atoms with Crippen molar-refractivity contribution in [3.63, 3.8) is 0 Å². The van der Waals surface area contributed by atoms with Crippen LogP contribution in [-0.2, 0) is 0 Å². The zero-order valence-electron chi connectivity index (χ0n) is 33.3. The van der Waals surface area contributed by atoms with Crippen molar-refractivity contribution in [3.05, 3.63) is 217 Å². The molecule has 3 aromatic heterocycles. The molecule has 0 amide bonds. The average Bonchev–Trinajstić information content (AvgIpc) is 3.97. The Kier molecular flexibility index (Phi) is 7.87. The first-order valence-corrected chi connectivity index (χ1v) is 20.7. The summed E-state index contributed by atoms with van der Waals surface area (Å²) in [5, 5.41) is 30.5. The predicted molar refractivity (Wildman–Crippen MR) is 254 cm³/mol. The van der Waals surface area contributed by atoms with E-state index >= 15 is 0 Å². The van der Waals surface area contributed by atoms with Crippen molar-refractivity contribution in [2.45, 2.75) is 0 Å². The number of nitriles is 2. The molecule has 0 saturated carbocycles. The van der Waals surface area contributed by atoms with Crippen LogP contribution in [0.5, 0.6) is 0 Å². The minimum absolute atomic E-state index is 0.371. The van der Waals surface area contributed by atoms with Gasteiger partial charge in [-0.3, -0.25) is 0 Å². The number of para-hydroxylation sites is 8. The maximum absolute atomic E-state index is 12.1. The zero-order chi connectivity index (χ0) is 41.3. The summed E-state index contributed by atoms with van der Waals surface area (Å²) >= 11 is 0. The fourth-order valence-corrected chi connectivity index (χ4v) is 9.83. The van der Waals surface area contributed by atoms with Crippen LogP contribution in [0.1, 0.15) is 11.1 Å². The minimum atomic E-state index is 0.371. The van der Waals surface area contributed by atoms with Crippen LogP contribution in [0.15, 0.2) is 206 Å². The van der Waals surface area contributed by atoms with Gasteiger partial charge >= 0.3 is 0 Å². The van der Waals surface area contributed by atoms with Crippen molar-refractivity contribution in [1.82, 2.24) is 13.7 Å². The van der Waals surface area contributed by atoms with E-state index in [-0.39, 0.29) is 0 Å². The standard InChI is InChI=1S/C56H34N6/c57-35-45-53(60-47-29-13-7-23-39(47)40-24-8-14-30-48(40)60)46(36-58)55(62-51-33-17-11-27-43(51)44-28-12-18-34-52(44)62)56(59(37-19-3-1-4-20-37)38-21-5-2-6-22-38)54(45)61-49-31-15-9-25-41(49)42-26-10-16-32-50(42)61/h1-34H. The molecule has 6 heteroatoms. The molecule has 12 aromatic rings. The Bertz CT molecular complexity index is 3490. The number of fused-ring (bicyclic) bond motifs is 9. The van der Waals surface area contributed by atoms with Gasteiger partial charge in [0.15, 0.2) is 0 Å². The molecule has 0 unspecified atom stereocenters. The SMILES string of the molecule is N#Cc1c(-n2c3ccccc3c3ccccc32)c(C#N)c(-n2c3ccccc3c3ccccc32)c(N(c2ccccc2)c2ccccc2)c1-n1c2ccccc2c2ccccc21. The molecule has 0 radical (unpaired) electrons. The summed E-state index contributed by atoms with van der Waals surface area (Å²) < 4.78 is 6.66. The number of rotatable bonds is 6. The van der Waals surface area contributed by atoms with E-state index in [1.165, 1.54) is 0 Å². The van der Waals surface area contributed by atoms with Gasteiger partial charge in [-0.25, -0.2) is 0 Å². The highest BCUT2D eigenvalue weighted by Gasteiger charge is 2.35. The van der Waals surface area contributed by atoms with E-state index in [0.717, 1.165) is 76.8 Å². The molecule has 0 bridgehead atoms. The van der Waals surface area contributed by atoms with Gasteiger partial charge in [-0.05, 0) is 60.7 Å². The van der Waals surface area contributed by atoms with Crippen molar-refractivity contribution >= 4 is 82.5 Å². The largest absolute Gasteiger partial charge is 0.307 e. The lowest BCUT2D eigenvalue weighted by atomic mass is 9.97. The molecule has 6 nitrogen and oxygen atoms in total. The van der Waals surface area contributed by atoms with Gasteiger partial charge in [-0.1, -0.05) is 146 Å². The number of hydrogen-bond donors (Lipinski definition) is 0. The zero-order valence-corrected chi connectivity index (χ0v) is 33.3. The molecule has 0 saturated heterocycles. The van der Waals surface area contributed by atoms with Gasteiger partial charge in [-0.15, -0.1) is 0 Å². The fraction of sp³-hybridized carbons (Fsp3) is 0. The van der Waals surface area contributed by atoms with E-state index in [1.54, 1.807) is 0 Å². The number of anilines is 3. The molecule has 3 heterocycles. The quantitative estimate of drug-likeness (QED) is 0.168. The smallest absolute Gasteiger partial charge is 0.104 e. The van der Waals surface area contributed by atoms with E-state index in [9.17, 15) is 10.5 Å². The highest BCUT2D eigenvalue weighted by Crippen LogP contribution is 2.52. The highest BCUT2D eigenvalue weighted by molar-refractivity contribution is 6.15. The Balaban J connectivity index is 1.43. The third-order valence-electron chi connectivity index (χ3n) is 12.3. The molecule has 0 N–H and O–H groups in total. The van der Waals surface area contributed by atoms with Crippen molar-refractivity contribution in [3.8, 4) is 29.2 Å². The first kappa shape index (κ1) is 35.1. The number of hydrogen-bond acceptors (Lipinski definition) is 3. The van der Waals surface area contributed by atoms with Crippen LogP contribution >= 0.6 is 0 Å². The summed E-state index contributed by atoms with van der Waals surface area (Å²) in [6.45, 7) is 0. The number of benzene rings is 9. The monoisotopic (exact) mass is 790 g/mol. The normalized spacial score (nSPS) is 11.5. The molecule has 12 rings (SSSR count). The van der Waals surface area contributed by atoms with Gasteiger partial charge in [-0.2, -0.15) is 10.5 Å². The highest BCUT2D eigenvalue weighted by atomic mass is 15.2. The molecule has 0 aliphatic carbocycles. The lowest BCUT2D eigenvalue weighted by Crippen LogP contribution is -2.20. The lowest BCUT2D eigenvalue weighted by molar-refractivity contribution is 1.06. The lowest BCUT2D eigenvalue weighted by Gasteiger charge is -2.33. The Morgan fingerprint density at radius 3 is 0.806 bits per heavy atom. The Morgan fingerprint density at radius 1 is 0.290 bits per heavy atom. The van der Waals surface area contributed by atoms with E-state index in [2.05, 4.69) is 176 Å². The van der Waals surface area contributed by atoms with Crippen LogP contribution in [0.2, 0.25) is 0 Å². The molecule has 0 fully saturated rings. The molecule has 288 valence electrons. The van der Waals surface area contributed by atoms with E-state index in [1.807, 2.05) is 60.7 Å². The van der Waals surface area contributed by atoms with Crippen LogP contribution in [0, 0.1) is 22.7 Å². The summed E-state index contributed by atoms with van der Waals surface area (Å²) in [6.07, 6.45) is 0. The summed E-state index contributed by atoms with van der Waals surface area (Å²) in [6, 6.07) is 76.3. The van der Waals surface area contributed by atoms with Crippen molar-refractivity contribution in [2.75, 3.05) is 4.90 Å². The van der Waals surface area contributed by atoms with Crippen LogP contribution in [0.3, 0.4) is 0 Å². The van der Waals surface area contributed by atoms with Crippen molar-refractivity contribution in [1.29, 1.82) is 10.5 Å². The number of aromatic nitrogens is 3. The molecule has 62 heavy (non-hydrogen) atoms. The molecule has 0 spiro atoms.